The van der Waals surface area contributed by atoms with Crippen LogP contribution < -0.4 is 0 Å². The Bertz CT molecular complexity index is 1250. The average Bonchev–Trinajstić information content (AvgIpc) is 2.83. The number of aliphatic imine (C=N–C) groups is 1. The average molecular weight is 612 g/mol. The molecule has 1 N–H and O–H groups in total. The van der Waals surface area contributed by atoms with Crippen LogP contribution in [0.3, 0.4) is 0 Å². The normalized spacial score (nSPS) is 11.2. The van der Waals surface area contributed by atoms with Gasteiger partial charge in [-0.05, 0) is 5.56 Å². The molecule has 3 aromatic carbocycles. The van der Waals surface area contributed by atoms with Crippen LogP contribution in [0.5, 0.6) is 5.75 Å². The van der Waals surface area contributed by atoms with Gasteiger partial charge in [0.1, 0.15) is 11.4 Å². The van der Waals surface area contributed by atoms with Crippen molar-refractivity contribution in [2.45, 2.75) is 19.3 Å². The summed E-state index contributed by atoms with van der Waals surface area (Å²) >= 11 is -0.826. The number of hydrogen-bond donors (Lipinski definition) is 1. The van der Waals surface area contributed by atoms with Gasteiger partial charge >= 0.3 is 37.9 Å². The van der Waals surface area contributed by atoms with E-state index in [1.165, 1.54) is 0 Å². The Morgan fingerprint density at radius 3 is 1.94 bits per heavy atom. The van der Waals surface area contributed by atoms with Crippen molar-refractivity contribution in [3.8, 4) is 5.75 Å². The van der Waals surface area contributed by atoms with E-state index >= 15 is 0 Å². The molecule has 0 saturated carbocycles. The second-order valence-electron chi connectivity index (χ2n) is 7.43. The predicted octanol–water partition coefficient (Wildman–Crippen LogP) is 7.45. The van der Waals surface area contributed by atoms with Crippen molar-refractivity contribution in [2.24, 2.45) is 4.99 Å². The Morgan fingerprint density at radius 1 is 0.971 bits per heavy atom. The molecule has 0 fully saturated rings. The summed E-state index contributed by atoms with van der Waals surface area (Å²) in [6.07, 6.45) is 0.602. The second kappa shape index (κ2) is 12.1. The van der Waals surface area contributed by atoms with Gasteiger partial charge in [-0.3, -0.25) is 10.1 Å². The van der Waals surface area contributed by atoms with Crippen LogP contribution in [0.15, 0.2) is 47.5 Å². The standard InChI is InChI=1S/C22H15F5N2O3.2ClH.Zr/c1-22(2,12-6-4-3-5-7-12)14-9-13(29(31)32)8-11(21(14)30)10-28-20-18(26)16(24)15(23)17(25)19(20)27;;;/h3-10,30H,1-2H3;2*1H;/q;;;+2/p-2. The number of nitro benzene ring substituents is 1. The van der Waals surface area contributed by atoms with Gasteiger partial charge in [-0.2, -0.15) is 0 Å². The molecule has 5 nitrogen and oxygen atoms in total. The van der Waals surface area contributed by atoms with Crippen molar-refractivity contribution in [3.63, 3.8) is 0 Å². The van der Waals surface area contributed by atoms with Crippen LogP contribution >= 0.6 is 17.0 Å². The fourth-order valence-electron chi connectivity index (χ4n) is 3.17. The summed E-state index contributed by atoms with van der Waals surface area (Å²) in [5, 5.41) is 22.2. The van der Waals surface area contributed by atoms with E-state index in [0.29, 0.717) is 11.8 Å². The van der Waals surface area contributed by atoms with Gasteiger partial charge in [-0.25, -0.2) is 26.9 Å². The molecular weight excluding hydrogens is 597 g/mol. The number of nitrogens with zero attached hydrogens (tertiary/aromatic N) is 2. The summed E-state index contributed by atoms with van der Waals surface area (Å²) in [5.74, 6) is -11.6. The van der Waals surface area contributed by atoms with Crippen molar-refractivity contribution >= 4 is 34.6 Å². The first-order valence-corrected chi connectivity index (χ1v) is 15.8. The van der Waals surface area contributed by atoms with Crippen molar-refractivity contribution in [2.75, 3.05) is 0 Å². The third-order valence-corrected chi connectivity index (χ3v) is 5.02. The van der Waals surface area contributed by atoms with Crippen LogP contribution in [0.1, 0.15) is 30.5 Å². The molecule has 0 radical (unpaired) electrons. The van der Waals surface area contributed by atoms with Crippen molar-refractivity contribution in [1.29, 1.82) is 0 Å². The third-order valence-electron chi connectivity index (χ3n) is 5.02. The quantitative estimate of drug-likeness (QED) is 0.0813. The van der Waals surface area contributed by atoms with E-state index < -0.39 is 77.4 Å². The van der Waals surface area contributed by atoms with Crippen LogP contribution in [-0.2, 0) is 26.3 Å². The van der Waals surface area contributed by atoms with Gasteiger partial charge in [0.25, 0.3) is 5.69 Å². The Labute approximate surface area is 215 Å². The molecule has 0 bridgehead atoms. The summed E-state index contributed by atoms with van der Waals surface area (Å²) < 4.78 is 67.8. The van der Waals surface area contributed by atoms with E-state index in [2.05, 4.69) is 4.99 Å². The van der Waals surface area contributed by atoms with Gasteiger partial charge in [-0.15, -0.1) is 0 Å². The number of aromatic hydroxyl groups is 1. The second-order valence-corrected chi connectivity index (χ2v) is 11.2. The van der Waals surface area contributed by atoms with Gasteiger partial charge in [0.15, 0.2) is 23.3 Å². The molecular formula is C22H15Cl2F5N2O3Zr. The van der Waals surface area contributed by atoms with E-state index in [-0.39, 0.29) is 11.1 Å². The fourth-order valence-corrected chi connectivity index (χ4v) is 3.17. The summed E-state index contributed by atoms with van der Waals surface area (Å²) in [5.41, 5.74) is -2.47. The SMILES string of the molecule is CC(C)(c1ccccc1)c1cc([N+](=O)[O-])cc(C=Nc2c(F)c(F)c(F)c(F)c2F)c1O.[Cl][Zr][Cl]. The molecule has 0 amide bonds. The van der Waals surface area contributed by atoms with Crippen LogP contribution in [0.2, 0.25) is 0 Å². The first-order valence-electron chi connectivity index (χ1n) is 9.47. The monoisotopic (exact) mass is 610 g/mol. The number of phenols is 1. The van der Waals surface area contributed by atoms with E-state index in [9.17, 15) is 37.2 Å². The molecule has 0 saturated heterocycles. The number of benzene rings is 3. The molecule has 13 heteroatoms. The van der Waals surface area contributed by atoms with Crippen molar-refractivity contribution < 1.29 is 52.8 Å². The van der Waals surface area contributed by atoms with E-state index in [1.54, 1.807) is 44.2 Å². The zero-order valence-electron chi connectivity index (χ0n) is 17.9. The zero-order chi connectivity index (χ0) is 26.5. The number of non-ortho nitro benzene ring substituents is 1. The Hall–Kier alpha value is -2.36. The molecule has 0 aliphatic heterocycles. The van der Waals surface area contributed by atoms with Gasteiger partial charge in [0.05, 0.1) is 4.92 Å². The summed E-state index contributed by atoms with van der Waals surface area (Å²) in [6, 6.07) is 10.7. The Balaban J connectivity index is 0.00000137. The molecule has 3 aromatic rings. The van der Waals surface area contributed by atoms with Gasteiger partial charge in [0.2, 0.25) is 5.82 Å². The molecule has 0 aliphatic rings. The first-order chi connectivity index (χ1) is 16.4. The third kappa shape index (κ3) is 6.26. The van der Waals surface area contributed by atoms with E-state index in [0.717, 1.165) is 12.1 Å². The maximum atomic E-state index is 13.9. The molecule has 0 aromatic heterocycles. The number of nitro groups is 1. The fraction of sp³-hybridized carbons (Fsp3) is 0.136. The van der Waals surface area contributed by atoms with E-state index in [1.807, 2.05) is 0 Å². The van der Waals surface area contributed by atoms with Crippen LogP contribution in [0.4, 0.5) is 33.3 Å². The van der Waals surface area contributed by atoms with Crippen molar-refractivity contribution in [1.82, 2.24) is 0 Å². The molecule has 0 spiro atoms. The predicted molar refractivity (Wildman–Crippen MR) is 119 cm³/mol. The maximum absolute atomic E-state index is 13.9. The summed E-state index contributed by atoms with van der Waals surface area (Å²) in [4.78, 5) is 13.9. The molecule has 0 heterocycles. The number of halogens is 7. The van der Waals surface area contributed by atoms with Gasteiger partial charge in [-0.1, -0.05) is 44.2 Å². The molecule has 0 unspecified atom stereocenters. The first kappa shape index (κ1) is 28.9. The van der Waals surface area contributed by atoms with Gasteiger partial charge < -0.3 is 5.11 Å². The Morgan fingerprint density at radius 2 is 1.46 bits per heavy atom. The Kier molecular flexibility index (Phi) is 9.95. The molecule has 0 atom stereocenters. The topological polar surface area (TPSA) is 75.7 Å². The van der Waals surface area contributed by atoms with Crippen LogP contribution in [-0.4, -0.2) is 16.2 Å². The van der Waals surface area contributed by atoms with Crippen LogP contribution in [0.25, 0.3) is 0 Å². The molecule has 0 aliphatic carbocycles. The van der Waals surface area contributed by atoms with Crippen molar-refractivity contribution in [3.05, 3.63) is 98.4 Å². The number of hydrogen-bond acceptors (Lipinski definition) is 4. The van der Waals surface area contributed by atoms with E-state index in [4.69, 9.17) is 17.0 Å². The molecule has 35 heavy (non-hydrogen) atoms. The van der Waals surface area contributed by atoms with Crippen LogP contribution in [0, 0.1) is 39.2 Å². The summed E-state index contributed by atoms with van der Waals surface area (Å²) in [7, 11) is 9.87. The minimum atomic E-state index is -2.34. The molecule has 3 rings (SSSR count). The number of rotatable bonds is 5. The molecule has 184 valence electrons. The number of phenolic OH excluding ortho intramolecular Hbond substituents is 1. The summed E-state index contributed by atoms with van der Waals surface area (Å²) in [6.45, 7) is 3.37. The zero-order valence-corrected chi connectivity index (χ0v) is 21.9. The minimum absolute atomic E-state index is 0.0942. The van der Waals surface area contributed by atoms with Gasteiger partial charge in [0, 0.05) is 34.9 Å².